The zero-order valence-corrected chi connectivity index (χ0v) is 26.6. The van der Waals surface area contributed by atoms with Crippen LogP contribution in [0.5, 0.6) is 11.5 Å². The van der Waals surface area contributed by atoms with Crippen LogP contribution >= 0.6 is 0 Å². The molecular weight excluding hydrogens is 680 g/mol. The second-order valence-electron chi connectivity index (χ2n) is 11.4. The summed E-state index contributed by atoms with van der Waals surface area (Å²) in [6.07, 6.45) is -8.59. The number of aliphatic imine (C=N–C) groups is 1. The molecule has 0 bridgehead atoms. The molecular formula is C35H31F6N7O3. The summed E-state index contributed by atoms with van der Waals surface area (Å²) in [4.78, 5) is 34.7. The van der Waals surface area contributed by atoms with Gasteiger partial charge >= 0.3 is 12.4 Å². The molecule has 2 amide bonds. The van der Waals surface area contributed by atoms with E-state index in [0.717, 1.165) is 24.3 Å². The van der Waals surface area contributed by atoms with Crippen LogP contribution < -0.4 is 27.3 Å². The summed E-state index contributed by atoms with van der Waals surface area (Å²) in [7, 11) is 0. The zero-order chi connectivity index (χ0) is 36.9. The summed E-state index contributed by atoms with van der Waals surface area (Å²) in [5.74, 6) is -1.10. The van der Waals surface area contributed by atoms with E-state index in [9.17, 15) is 35.9 Å². The summed E-state index contributed by atoms with van der Waals surface area (Å²) in [6.45, 7) is 0.0171. The van der Waals surface area contributed by atoms with Crippen molar-refractivity contribution < 1.29 is 40.7 Å². The first-order valence-corrected chi connectivity index (χ1v) is 15.4. The Balaban J connectivity index is 1.50. The van der Waals surface area contributed by atoms with E-state index < -0.39 is 41.3 Å². The average molecular weight is 712 g/mol. The van der Waals surface area contributed by atoms with Gasteiger partial charge < -0.3 is 31.8 Å². The van der Waals surface area contributed by atoms with Crippen molar-refractivity contribution in [1.29, 1.82) is 0 Å². The summed E-state index contributed by atoms with van der Waals surface area (Å²) in [5.41, 5.74) is 16.5. The second-order valence-corrected chi connectivity index (χ2v) is 11.4. The van der Waals surface area contributed by atoms with Crippen LogP contribution in [-0.2, 0) is 23.7 Å². The molecule has 1 aromatic heterocycles. The molecule has 4 aromatic carbocycles. The summed E-state index contributed by atoms with van der Waals surface area (Å²) >= 11 is 0. The fourth-order valence-electron chi connectivity index (χ4n) is 5.36. The number of aromatic nitrogens is 2. The van der Waals surface area contributed by atoms with Crippen LogP contribution in [0.3, 0.4) is 0 Å². The standard InChI is InChI=1S/C35H31F6N7O3/c36-34(37,38)23-7-1-5-20(15-23)19-46-32(50)22-12-13-28-27(17-22)47-31(48(28)29(30(42)49)11-4-14-45-33(43)44)21-6-2-9-25(16-21)51-26-10-3-8-24(18-26)35(39,40)41/h1-3,5-10,12-13,15-18,29H,4,11,14,19H2,(H2,42,49)(H,46,50)(H4,43,44,45)/t29-/m1/s1. The molecule has 7 N–H and O–H groups in total. The van der Waals surface area contributed by atoms with E-state index >= 15 is 0 Å². The van der Waals surface area contributed by atoms with E-state index in [2.05, 4.69) is 10.3 Å². The highest BCUT2D eigenvalue weighted by Crippen LogP contribution is 2.36. The molecule has 0 spiro atoms. The van der Waals surface area contributed by atoms with E-state index in [1.807, 2.05) is 0 Å². The number of imidazole rings is 1. The maximum absolute atomic E-state index is 13.3. The molecule has 0 aliphatic carbocycles. The molecule has 0 saturated heterocycles. The topological polar surface area (TPSA) is 164 Å². The van der Waals surface area contributed by atoms with E-state index in [1.54, 1.807) is 22.8 Å². The number of amides is 2. The Morgan fingerprint density at radius 3 is 2.14 bits per heavy atom. The number of guanidine groups is 1. The van der Waals surface area contributed by atoms with Crippen molar-refractivity contribution in [2.24, 2.45) is 22.2 Å². The third-order valence-corrected chi connectivity index (χ3v) is 7.72. The Morgan fingerprint density at radius 1 is 0.824 bits per heavy atom. The van der Waals surface area contributed by atoms with Gasteiger partial charge in [-0.25, -0.2) is 4.98 Å². The zero-order valence-electron chi connectivity index (χ0n) is 26.6. The predicted molar refractivity (Wildman–Crippen MR) is 177 cm³/mol. The largest absolute Gasteiger partial charge is 0.457 e. The van der Waals surface area contributed by atoms with Crippen LogP contribution in [-0.4, -0.2) is 33.9 Å². The SMILES string of the molecule is NC(=O)[C@@H](CCCN=C(N)N)n1c(-c2cccc(Oc3cccc(C(F)(F)F)c3)c2)nc2cc(C(=O)NCc3cccc(C(F)(F)F)c3)ccc21. The Hall–Kier alpha value is -6.06. The van der Waals surface area contributed by atoms with Crippen LogP contribution in [0.1, 0.15) is 45.9 Å². The molecule has 0 radical (unpaired) electrons. The van der Waals surface area contributed by atoms with Gasteiger partial charge in [0.1, 0.15) is 23.4 Å². The van der Waals surface area contributed by atoms with Gasteiger partial charge in [0.05, 0.1) is 22.2 Å². The van der Waals surface area contributed by atoms with E-state index in [-0.39, 0.29) is 59.4 Å². The number of nitrogens with zero attached hydrogens (tertiary/aromatic N) is 3. The fraction of sp³-hybridized carbons (Fsp3) is 0.200. The molecule has 51 heavy (non-hydrogen) atoms. The monoisotopic (exact) mass is 711 g/mol. The maximum Gasteiger partial charge on any atom is 0.416 e. The van der Waals surface area contributed by atoms with Gasteiger partial charge in [0.15, 0.2) is 5.96 Å². The lowest BCUT2D eigenvalue weighted by Gasteiger charge is -2.19. The van der Waals surface area contributed by atoms with Gasteiger partial charge in [-0.3, -0.25) is 14.6 Å². The first kappa shape index (κ1) is 36.2. The van der Waals surface area contributed by atoms with Crippen molar-refractivity contribution in [3.05, 3.63) is 113 Å². The number of rotatable bonds is 12. The number of fused-ring (bicyclic) bond motifs is 1. The number of nitrogens with one attached hydrogen (secondary N) is 1. The molecule has 0 aliphatic rings. The van der Waals surface area contributed by atoms with Crippen LogP contribution in [0.15, 0.2) is 96.0 Å². The average Bonchev–Trinajstić information content (AvgIpc) is 3.45. The van der Waals surface area contributed by atoms with Gasteiger partial charge in [-0.15, -0.1) is 0 Å². The lowest BCUT2D eigenvalue weighted by molar-refractivity contribution is -0.138. The molecule has 266 valence electrons. The molecule has 10 nitrogen and oxygen atoms in total. The molecule has 0 aliphatic heterocycles. The van der Waals surface area contributed by atoms with Crippen molar-refractivity contribution in [1.82, 2.24) is 14.9 Å². The first-order chi connectivity index (χ1) is 24.1. The second kappa shape index (κ2) is 14.8. The maximum atomic E-state index is 13.3. The highest BCUT2D eigenvalue weighted by Gasteiger charge is 2.31. The quantitative estimate of drug-likeness (QED) is 0.0497. The minimum atomic E-state index is -4.58. The molecule has 16 heteroatoms. The van der Waals surface area contributed by atoms with E-state index in [4.69, 9.17) is 26.9 Å². The number of hydrogen-bond donors (Lipinski definition) is 4. The predicted octanol–water partition coefficient (Wildman–Crippen LogP) is 6.54. The Labute approximate surface area is 286 Å². The molecule has 5 aromatic rings. The summed E-state index contributed by atoms with van der Waals surface area (Å²) in [5, 5.41) is 2.61. The molecule has 1 atom stereocenters. The molecule has 0 unspecified atom stereocenters. The van der Waals surface area contributed by atoms with Crippen LogP contribution in [0.4, 0.5) is 26.3 Å². The van der Waals surface area contributed by atoms with Gasteiger partial charge in [0.25, 0.3) is 5.91 Å². The minimum absolute atomic E-state index is 0.0639. The van der Waals surface area contributed by atoms with Crippen LogP contribution in [0.25, 0.3) is 22.4 Å². The number of carbonyl (C=O) groups excluding carboxylic acids is 2. The number of alkyl halides is 6. The third kappa shape index (κ3) is 8.95. The number of carbonyl (C=O) groups is 2. The van der Waals surface area contributed by atoms with E-state index in [0.29, 0.717) is 17.5 Å². The lowest BCUT2D eigenvalue weighted by atomic mass is 10.1. The first-order valence-electron chi connectivity index (χ1n) is 15.4. The Bertz CT molecular complexity index is 2090. The Morgan fingerprint density at radius 2 is 1.47 bits per heavy atom. The number of halogens is 6. The summed E-state index contributed by atoms with van der Waals surface area (Å²) < 4.78 is 86.7. The molecule has 0 fully saturated rings. The van der Waals surface area contributed by atoms with Crippen molar-refractivity contribution in [3.8, 4) is 22.9 Å². The highest BCUT2D eigenvalue weighted by atomic mass is 19.4. The number of nitrogens with two attached hydrogens (primary N) is 3. The van der Waals surface area contributed by atoms with Gasteiger partial charge in [-0.1, -0.05) is 30.3 Å². The van der Waals surface area contributed by atoms with E-state index in [1.165, 1.54) is 48.5 Å². The number of hydrogen-bond acceptors (Lipinski definition) is 5. The normalized spacial score (nSPS) is 12.4. The van der Waals surface area contributed by atoms with Crippen molar-refractivity contribution in [2.45, 2.75) is 37.8 Å². The van der Waals surface area contributed by atoms with Gasteiger partial charge in [-0.2, -0.15) is 26.3 Å². The van der Waals surface area contributed by atoms with Crippen molar-refractivity contribution >= 4 is 28.8 Å². The molecule has 1 heterocycles. The highest BCUT2D eigenvalue weighted by molar-refractivity contribution is 5.98. The van der Waals surface area contributed by atoms with Gasteiger partial charge in [-0.05, 0) is 79.1 Å². The van der Waals surface area contributed by atoms with Gasteiger partial charge in [0, 0.05) is 24.2 Å². The van der Waals surface area contributed by atoms with Crippen molar-refractivity contribution in [2.75, 3.05) is 6.54 Å². The lowest BCUT2D eigenvalue weighted by Crippen LogP contribution is -2.27. The smallest absolute Gasteiger partial charge is 0.416 e. The van der Waals surface area contributed by atoms with Gasteiger partial charge in [0.2, 0.25) is 5.91 Å². The number of benzene rings is 4. The minimum Gasteiger partial charge on any atom is -0.457 e. The number of primary amides is 1. The van der Waals surface area contributed by atoms with Crippen LogP contribution in [0.2, 0.25) is 0 Å². The fourth-order valence-corrected chi connectivity index (χ4v) is 5.36. The summed E-state index contributed by atoms with van der Waals surface area (Å²) in [6, 6.07) is 18.7. The van der Waals surface area contributed by atoms with Crippen molar-refractivity contribution in [3.63, 3.8) is 0 Å². The Kier molecular flexibility index (Phi) is 10.5. The molecule has 5 rings (SSSR count). The molecule has 0 saturated carbocycles. The van der Waals surface area contributed by atoms with Crippen LogP contribution in [0, 0.1) is 0 Å². The number of ether oxygens (including phenoxy) is 1. The third-order valence-electron chi connectivity index (χ3n) is 7.72.